The van der Waals surface area contributed by atoms with Crippen LogP contribution >= 0.6 is 11.3 Å². The maximum Gasteiger partial charge on any atom is 0.234 e. The fourth-order valence-corrected chi connectivity index (χ4v) is 4.18. The summed E-state index contributed by atoms with van der Waals surface area (Å²) in [5.41, 5.74) is 1.02. The van der Waals surface area contributed by atoms with Crippen molar-refractivity contribution >= 4 is 33.4 Å². The van der Waals surface area contributed by atoms with Crippen LogP contribution in [-0.4, -0.2) is 65.9 Å². The summed E-state index contributed by atoms with van der Waals surface area (Å²) in [6.07, 6.45) is 0.912. The summed E-state index contributed by atoms with van der Waals surface area (Å²) in [6, 6.07) is 8.10. The molecule has 140 valence electrons. The van der Waals surface area contributed by atoms with E-state index >= 15 is 0 Å². The molecule has 1 N–H and O–H groups in total. The van der Waals surface area contributed by atoms with Crippen LogP contribution < -0.4 is 5.32 Å². The molecule has 1 saturated heterocycles. The minimum Gasteiger partial charge on any atom is -0.354 e. The van der Waals surface area contributed by atoms with Gasteiger partial charge in [0, 0.05) is 45.6 Å². The van der Waals surface area contributed by atoms with Gasteiger partial charge in [-0.3, -0.25) is 14.5 Å². The molecule has 1 aromatic carbocycles. The van der Waals surface area contributed by atoms with Gasteiger partial charge in [0.15, 0.2) is 0 Å². The van der Waals surface area contributed by atoms with Crippen molar-refractivity contribution in [3.05, 3.63) is 29.3 Å². The maximum absolute atomic E-state index is 12.3. The van der Waals surface area contributed by atoms with Crippen molar-refractivity contribution < 1.29 is 9.59 Å². The van der Waals surface area contributed by atoms with Crippen LogP contribution in [0.15, 0.2) is 24.3 Å². The summed E-state index contributed by atoms with van der Waals surface area (Å²) in [7, 11) is 0. The molecule has 1 unspecified atom stereocenters. The van der Waals surface area contributed by atoms with E-state index in [4.69, 9.17) is 0 Å². The van der Waals surface area contributed by atoms with Crippen molar-refractivity contribution in [1.82, 2.24) is 20.1 Å². The van der Waals surface area contributed by atoms with E-state index < -0.39 is 0 Å². The molecule has 0 bridgehead atoms. The van der Waals surface area contributed by atoms with E-state index in [1.165, 1.54) is 4.70 Å². The van der Waals surface area contributed by atoms with Crippen molar-refractivity contribution in [2.75, 3.05) is 39.3 Å². The number of carbonyl (C=O) groups is 2. The van der Waals surface area contributed by atoms with E-state index in [1.807, 2.05) is 23.1 Å². The molecule has 0 spiro atoms. The number of nitrogens with zero attached hydrogens (tertiary/aromatic N) is 3. The molecule has 2 amide bonds. The Balaban J connectivity index is 1.46. The van der Waals surface area contributed by atoms with E-state index in [0.717, 1.165) is 36.6 Å². The minimum atomic E-state index is 0.0363. The van der Waals surface area contributed by atoms with Gasteiger partial charge < -0.3 is 10.2 Å². The van der Waals surface area contributed by atoms with Gasteiger partial charge in [-0.2, -0.15) is 0 Å². The lowest BCUT2D eigenvalue weighted by atomic mass is 10.2. The summed E-state index contributed by atoms with van der Waals surface area (Å²) in [4.78, 5) is 32.4. The lowest BCUT2D eigenvalue weighted by Crippen LogP contribution is -2.40. The molecule has 2 heterocycles. The number of fused-ring (bicyclic) bond motifs is 1. The van der Waals surface area contributed by atoms with Gasteiger partial charge in [-0.15, -0.1) is 11.3 Å². The quantitative estimate of drug-likeness (QED) is 0.870. The molecule has 0 saturated carbocycles. The first-order valence-electron chi connectivity index (χ1n) is 9.13. The van der Waals surface area contributed by atoms with Crippen LogP contribution in [0.4, 0.5) is 0 Å². The van der Waals surface area contributed by atoms with Gasteiger partial charge in [-0.05, 0) is 18.6 Å². The molecule has 1 aliphatic heterocycles. The highest BCUT2D eigenvalue weighted by atomic mass is 32.1. The summed E-state index contributed by atoms with van der Waals surface area (Å²) in [6.45, 7) is 7.75. The number of amides is 2. The second kappa shape index (κ2) is 8.60. The Morgan fingerprint density at radius 2 is 2.04 bits per heavy atom. The van der Waals surface area contributed by atoms with E-state index in [1.54, 1.807) is 18.3 Å². The highest BCUT2D eigenvalue weighted by molar-refractivity contribution is 7.18. The van der Waals surface area contributed by atoms with Gasteiger partial charge in [-0.25, -0.2) is 4.98 Å². The van der Waals surface area contributed by atoms with Gasteiger partial charge in [0.25, 0.3) is 0 Å². The van der Waals surface area contributed by atoms with Gasteiger partial charge in [0.2, 0.25) is 11.8 Å². The van der Waals surface area contributed by atoms with Gasteiger partial charge in [0.1, 0.15) is 0 Å². The Morgan fingerprint density at radius 3 is 2.81 bits per heavy atom. The molecule has 1 fully saturated rings. The van der Waals surface area contributed by atoms with Crippen LogP contribution in [-0.2, 0) is 9.59 Å². The largest absolute Gasteiger partial charge is 0.354 e. The molecule has 0 radical (unpaired) electrons. The van der Waals surface area contributed by atoms with E-state index in [0.29, 0.717) is 19.6 Å². The standard InChI is InChI=1S/C19H26N4O2S/c1-14(19-21-16-6-3-4-7-17(16)26-19)12-20-18(25)13-22-8-5-9-23(11-10-22)15(2)24/h3-4,6-7,14H,5,8-13H2,1-2H3,(H,20,25). The third kappa shape index (κ3) is 4.80. The normalized spacial score (nSPS) is 17.1. The first-order chi connectivity index (χ1) is 12.5. The Hall–Kier alpha value is -1.99. The number of hydrogen-bond donors (Lipinski definition) is 1. The zero-order valence-electron chi connectivity index (χ0n) is 15.4. The lowest BCUT2D eigenvalue weighted by Gasteiger charge is -2.21. The Bertz CT molecular complexity index is 743. The zero-order valence-corrected chi connectivity index (χ0v) is 16.2. The van der Waals surface area contributed by atoms with Gasteiger partial charge in [0.05, 0.1) is 21.8 Å². The lowest BCUT2D eigenvalue weighted by molar-refractivity contribution is -0.128. The third-order valence-electron chi connectivity index (χ3n) is 4.74. The number of carbonyl (C=O) groups excluding carboxylic acids is 2. The van der Waals surface area contributed by atoms with Crippen LogP contribution in [0.3, 0.4) is 0 Å². The molecule has 1 aromatic heterocycles. The summed E-state index contributed by atoms with van der Waals surface area (Å²) >= 11 is 1.69. The van der Waals surface area contributed by atoms with Gasteiger partial charge >= 0.3 is 0 Å². The smallest absolute Gasteiger partial charge is 0.234 e. The SMILES string of the molecule is CC(=O)N1CCCN(CC(=O)NCC(C)c2nc3ccccc3s2)CC1. The zero-order chi connectivity index (χ0) is 18.5. The first-order valence-corrected chi connectivity index (χ1v) is 9.94. The molecule has 2 aromatic rings. The molecule has 6 nitrogen and oxygen atoms in total. The second-order valence-electron chi connectivity index (χ2n) is 6.86. The highest BCUT2D eigenvalue weighted by Gasteiger charge is 2.19. The summed E-state index contributed by atoms with van der Waals surface area (Å²) in [5.74, 6) is 0.337. The third-order valence-corrected chi connectivity index (χ3v) is 6.01. The van der Waals surface area contributed by atoms with Crippen LogP contribution in [0.25, 0.3) is 10.2 Å². The van der Waals surface area contributed by atoms with Crippen LogP contribution in [0.2, 0.25) is 0 Å². The molecule has 0 aliphatic carbocycles. The molecule has 1 aliphatic rings. The Kier molecular flexibility index (Phi) is 6.21. The first kappa shape index (κ1) is 18.8. The Morgan fingerprint density at radius 1 is 1.23 bits per heavy atom. The minimum absolute atomic E-state index is 0.0363. The van der Waals surface area contributed by atoms with Crippen molar-refractivity contribution in [3.63, 3.8) is 0 Å². The summed E-state index contributed by atoms with van der Waals surface area (Å²) in [5, 5.41) is 4.09. The van der Waals surface area contributed by atoms with Crippen molar-refractivity contribution in [1.29, 1.82) is 0 Å². The maximum atomic E-state index is 12.3. The number of rotatable bonds is 5. The average molecular weight is 375 g/mol. The molecule has 7 heteroatoms. The predicted molar refractivity (Wildman–Crippen MR) is 104 cm³/mol. The average Bonchev–Trinajstić information content (AvgIpc) is 2.92. The van der Waals surface area contributed by atoms with Crippen molar-refractivity contribution in [2.24, 2.45) is 0 Å². The molecule has 1 atom stereocenters. The van der Waals surface area contributed by atoms with Crippen LogP contribution in [0.5, 0.6) is 0 Å². The van der Waals surface area contributed by atoms with E-state index in [9.17, 15) is 9.59 Å². The number of aromatic nitrogens is 1. The second-order valence-corrected chi connectivity index (χ2v) is 7.92. The molecular formula is C19H26N4O2S. The predicted octanol–water partition coefficient (Wildman–Crippen LogP) is 2.07. The van der Waals surface area contributed by atoms with Gasteiger partial charge in [-0.1, -0.05) is 19.1 Å². The molecular weight excluding hydrogens is 348 g/mol. The number of benzene rings is 1. The fraction of sp³-hybridized carbons (Fsp3) is 0.526. The van der Waals surface area contributed by atoms with Crippen LogP contribution in [0, 0.1) is 0 Å². The van der Waals surface area contributed by atoms with Crippen LogP contribution in [0.1, 0.15) is 31.2 Å². The number of hydrogen-bond acceptors (Lipinski definition) is 5. The number of para-hydroxylation sites is 1. The molecule has 3 rings (SSSR count). The van der Waals surface area contributed by atoms with E-state index in [-0.39, 0.29) is 17.7 Å². The van der Waals surface area contributed by atoms with Crippen molar-refractivity contribution in [2.45, 2.75) is 26.2 Å². The van der Waals surface area contributed by atoms with Crippen molar-refractivity contribution in [3.8, 4) is 0 Å². The van der Waals surface area contributed by atoms with E-state index in [2.05, 4.69) is 28.2 Å². The number of thiazole rings is 1. The number of nitrogens with one attached hydrogen (secondary N) is 1. The highest BCUT2D eigenvalue weighted by Crippen LogP contribution is 2.26. The summed E-state index contributed by atoms with van der Waals surface area (Å²) < 4.78 is 1.18. The fourth-order valence-electron chi connectivity index (χ4n) is 3.16. The Labute approximate surface area is 158 Å². The molecule has 26 heavy (non-hydrogen) atoms. The monoisotopic (exact) mass is 374 g/mol. The topological polar surface area (TPSA) is 65.5 Å².